The van der Waals surface area contributed by atoms with Crippen molar-refractivity contribution in [2.24, 2.45) is 5.92 Å². The molecule has 31 heavy (non-hydrogen) atoms. The molecule has 2 fully saturated rings. The lowest BCUT2D eigenvalue weighted by atomic mass is 9.88. The summed E-state index contributed by atoms with van der Waals surface area (Å²) in [6, 6.07) is 3.89. The van der Waals surface area contributed by atoms with Gasteiger partial charge in [0, 0.05) is 26.2 Å². The van der Waals surface area contributed by atoms with Crippen LogP contribution in [-0.4, -0.2) is 84.6 Å². The third-order valence-electron chi connectivity index (χ3n) is 5.71. The molecular weight excluding hydrogens is 448 g/mol. The highest BCUT2D eigenvalue weighted by atomic mass is 32.2. The number of likely N-dealkylation sites (tertiary alicyclic amines) is 1. The summed E-state index contributed by atoms with van der Waals surface area (Å²) in [5.41, 5.74) is -1.35. The normalized spacial score (nSPS) is 23.6. The van der Waals surface area contributed by atoms with E-state index in [-0.39, 0.29) is 37.4 Å². The zero-order valence-electron chi connectivity index (χ0n) is 16.3. The number of amides is 1. The van der Waals surface area contributed by atoms with Crippen LogP contribution in [0.25, 0.3) is 0 Å². The number of morpholine rings is 1. The zero-order valence-corrected chi connectivity index (χ0v) is 17.1. The minimum Gasteiger partial charge on any atom is -0.465 e. The first-order valence-corrected chi connectivity index (χ1v) is 10.9. The molecule has 8 nitrogen and oxygen atoms in total. The average molecular weight is 470 g/mol. The number of ether oxygens (including phenoxy) is 1. The van der Waals surface area contributed by atoms with Gasteiger partial charge in [-0.2, -0.15) is 17.5 Å². The molecule has 1 aromatic carbocycles. The number of nitrogens with zero attached hydrogens (tertiary/aromatic N) is 2. The number of carboxylic acid groups (broad SMARTS) is 1. The summed E-state index contributed by atoms with van der Waals surface area (Å²) < 4.78 is 86.5. The number of sulfonamides is 1. The summed E-state index contributed by atoms with van der Waals surface area (Å²) in [4.78, 5) is 12.0. The summed E-state index contributed by atoms with van der Waals surface area (Å²) in [6.07, 6.45) is -7.75. The van der Waals surface area contributed by atoms with E-state index in [4.69, 9.17) is 9.84 Å². The Morgan fingerprint density at radius 2 is 1.81 bits per heavy atom. The van der Waals surface area contributed by atoms with Gasteiger partial charge >= 0.3 is 12.3 Å². The van der Waals surface area contributed by atoms with Crippen molar-refractivity contribution >= 4 is 16.1 Å². The lowest BCUT2D eigenvalue weighted by Crippen LogP contribution is -2.63. The number of halogens is 4. The highest BCUT2D eigenvalue weighted by Crippen LogP contribution is 2.40. The molecular formula is C18H22F4N2O6S. The monoisotopic (exact) mass is 470 g/mol. The average Bonchev–Trinajstić information content (AvgIpc) is 2.68. The Morgan fingerprint density at radius 3 is 2.29 bits per heavy atom. The van der Waals surface area contributed by atoms with Crippen LogP contribution in [0.4, 0.5) is 22.4 Å². The maximum absolute atomic E-state index is 13.5. The number of benzene rings is 1. The molecule has 2 aliphatic heterocycles. The van der Waals surface area contributed by atoms with E-state index in [1.165, 1.54) is 0 Å². The lowest BCUT2D eigenvalue weighted by Gasteiger charge is -2.50. The van der Waals surface area contributed by atoms with Gasteiger partial charge in [0.15, 0.2) is 0 Å². The molecule has 3 rings (SSSR count). The molecule has 2 N–H and O–H groups in total. The summed E-state index contributed by atoms with van der Waals surface area (Å²) in [6.45, 7) is -2.32. The SMILES string of the molecule is O=C(O)N1CCC2(CC1)CN(S(=O)(=O)c1ccc(F)cc1)C[C@@H](C(CO)C(F)(F)F)O2. The molecule has 1 spiro atoms. The van der Waals surface area contributed by atoms with E-state index in [1.54, 1.807) is 0 Å². The van der Waals surface area contributed by atoms with Gasteiger partial charge in [-0.05, 0) is 37.1 Å². The molecule has 2 saturated heterocycles. The van der Waals surface area contributed by atoms with E-state index >= 15 is 0 Å². The molecule has 2 atom stereocenters. The van der Waals surface area contributed by atoms with Crippen LogP contribution >= 0.6 is 0 Å². The van der Waals surface area contributed by atoms with E-state index in [9.17, 15) is 35.9 Å². The topological polar surface area (TPSA) is 107 Å². The maximum Gasteiger partial charge on any atom is 0.407 e. The third kappa shape index (κ3) is 4.94. The van der Waals surface area contributed by atoms with Gasteiger partial charge in [0.1, 0.15) is 11.7 Å². The Labute approximate surface area is 176 Å². The quantitative estimate of drug-likeness (QED) is 0.651. The molecule has 2 aliphatic rings. The maximum atomic E-state index is 13.5. The second-order valence-corrected chi connectivity index (χ2v) is 9.63. The lowest BCUT2D eigenvalue weighted by molar-refractivity contribution is -0.253. The summed E-state index contributed by atoms with van der Waals surface area (Å²) in [5, 5.41) is 18.5. The van der Waals surface area contributed by atoms with E-state index < -0.39 is 58.9 Å². The number of aliphatic hydroxyl groups is 1. The molecule has 1 aromatic rings. The first-order valence-electron chi connectivity index (χ1n) is 9.47. The predicted molar refractivity (Wildman–Crippen MR) is 98.2 cm³/mol. The van der Waals surface area contributed by atoms with Crippen molar-refractivity contribution in [2.75, 3.05) is 32.8 Å². The molecule has 0 aromatic heterocycles. The predicted octanol–water partition coefficient (Wildman–Crippen LogP) is 1.90. The van der Waals surface area contributed by atoms with Crippen LogP contribution in [-0.2, 0) is 14.8 Å². The summed E-state index contributed by atoms with van der Waals surface area (Å²) in [5.74, 6) is -3.00. The van der Waals surface area contributed by atoms with Crippen LogP contribution < -0.4 is 0 Å². The molecule has 13 heteroatoms. The number of carbonyl (C=O) groups is 1. The summed E-state index contributed by atoms with van der Waals surface area (Å²) in [7, 11) is -4.30. The van der Waals surface area contributed by atoms with Crippen molar-refractivity contribution in [3.05, 3.63) is 30.1 Å². The van der Waals surface area contributed by atoms with Gasteiger partial charge in [-0.15, -0.1) is 0 Å². The van der Waals surface area contributed by atoms with E-state index in [0.717, 1.165) is 33.5 Å². The van der Waals surface area contributed by atoms with Gasteiger partial charge in [-0.1, -0.05) is 0 Å². The highest BCUT2D eigenvalue weighted by molar-refractivity contribution is 7.89. The second-order valence-electron chi connectivity index (χ2n) is 7.69. The zero-order chi connectivity index (χ0) is 23.0. The van der Waals surface area contributed by atoms with Crippen LogP contribution in [0.5, 0.6) is 0 Å². The Kier molecular flexibility index (Phi) is 6.52. The van der Waals surface area contributed by atoms with Crippen molar-refractivity contribution in [2.45, 2.75) is 35.6 Å². The molecule has 0 bridgehead atoms. The molecule has 174 valence electrons. The van der Waals surface area contributed by atoms with Crippen molar-refractivity contribution < 1.29 is 45.7 Å². The fourth-order valence-corrected chi connectivity index (χ4v) is 5.47. The number of rotatable bonds is 4. The van der Waals surface area contributed by atoms with Crippen LogP contribution in [0.1, 0.15) is 12.8 Å². The van der Waals surface area contributed by atoms with Crippen LogP contribution in [0.15, 0.2) is 29.2 Å². The minimum atomic E-state index is -4.84. The van der Waals surface area contributed by atoms with Crippen molar-refractivity contribution in [1.82, 2.24) is 9.21 Å². The Hall–Kier alpha value is -1.96. The highest BCUT2D eigenvalue weighted by Gasteiger charge is 2.53. The smallest absolute Gasteiger partial charge is 0.407 e. The van der Waals surface area contributed by atoms with Gasteiger partial charge in [0.25, 0.3) is 0 Å². The standard InChI is InChI=1S/C18H22F4N2O6S/c19-12-1-3-13(4-2-12)31(28,29)24-9-15(14(10-25)18(20,21)22)30-17(11-24)5-7-23(8-6-17)16(26)27/h1-4,14-15,25H,5-11H2,(H,26,27)/t14?,15-/m0/s1. The third-order valence-corrected chi connectivity index (χ3v) is 7.54. The molecule has 1 amide bonds. The first-order chi connectivity index (χ1) is 14.4. The van der Waals surface area contributed by atoms with Gasteiger partial charge in [-0.25, -0.2) is 17.6 Å². The van der Waals surface area contributed by atoms with Crippen LogP contribution in [0, 0.1) is 11.7 Å². The Balaban J connectivity index is 1.95. The van der Waals surface area contributed by atoms with Gasteiger partial charge < -0.3 is 19.8 Å². The summed E-state index contributed by atoms with van der Waals surface area (Å²) >= 11 is 0. The van der Waals surface area contributed by atoms with Gasteiger partial charge in [0.2, 0.25) is 10.0 Å². The molecule has 0 aliphatic carbocycles. The van der Waals surface area contributed by atoms with Crippen molar-refractivity contribution in [3.8, 4) is 0 Å². The van der Waals surface area contributed by atoms with Gasteiger partial charge in [0.05, 0.1) is 23.2 Å². The number of aliphatic hydroxyl groups excluding tert-OH is 1. The number of hydrogen-bond acceptors (Lipinski definition) is 5. The Bertz CT molecular complexity index is 901. The first kappa shape index (κ1) is 23.7. The van der Waals surface area contributed by atoms with Crippen molar-refractivity contribution in [1.29, 1.82) is 0 Å². The molecule has 0 radical (unpaired) electrons. The molecule has 0 saturated carbocycles. The van der Waals surface area contributed by atoms with E-state index in [1.807, 2.05) is 0 Å². The van der Waals surface area contributed by atoms with Gasteiger partial charge in [-0.3, -0.25) is 0 Å². The van der Waals surface area contributed by atoms with E-state index in [0.29, 0.717) is 0 Å². The van der Waals surface area contributed by atoms with Crippen LogP contribution in [0.3, 0.4) is 0 Å². The number of hydrogen-bond donors (Lipinski definition) is 2. The van der Waals surface area contributed by atoms with Crippen molar-refractivity contribution in [3.63, 3.8) is 0 Å². The van der Waals surface area contributed by atoms with E-state index in [2.05, 4.69) is 0 Å². The molecule has 1 unspecified atom stereocenters. The Morgan fingerprint density at radius 1 is 1.23 bits per heavy atom. The fraction of sp³-hybridized carbons (Fsp3) is 0.611. The minimum absolute atomic E-state index is 0.0127. The second kappa shape index (κ2) is 8.52. The fourth-order valence-electron chi connectivity index (χ4n) is 3.94. The molecule has 2 heterocycles. The van der Waals surface area contributed by atoms with Crippen LogP contribution in [0.2, 0.25) is 0 Å². The number of alkyl halides is 3. The number of piperidine rings is 1. The largest absolute Gasteiger partial charge is 0.465 e.